The highest BCUT2D eigenvalue weighted by Crippen LogP contribution is 2.40. The number of aliphatic hydroxyl groups excluding tert-OH is 1. The summed E-state index contributed by atoms with van der Waals surface area (Å²) in [6, 6.07) is 15.9. The molecule has 1 unspecified atom stereocenters. The first-order valence-corrected chi connectivity index (χ1v) is 13.8. The first-order valence-electron chi connectivity index (χ1n) is 13.4. The van der Waals surface area contributed by atoms with Gasteiger partial charge in [0.1, 0.15) is 5.75 Å². The van der Waals surface area contributed by atoms with Crippen LogP contribution in [0.1, 0.15) is 17.7 Å². The zero-order valence-corrected chi connectivity index (χ0v) is 22.6. The Morgan fingerprint density at radius 1 is 1.03 bits per heavy atom. The maximum atomic E-state index is 11.1. The lowest BCUT2D eigenvalue weighted by Crippen LogP contribution is -2.49. The van der Waals surface area contributed by atoms with Crippen LogP contribution in [0.25, 0.3) is 11.3 Å². The summed E-state index contributed by atoms with van der Waals surface area (Å²) in [5, 5.41) is 16.8. The molecule has 0 radical (unpaired) electrons. The average molecular weight is 539 g/mol. The Bertz CT molecular complexity index is 1250. The summed E-state index contributed by atoms with van der Waals surface area (Å²) in [6.45, 7) is 5.89. The maximum absolute atomic E-state index is 11.1. The third-order valence-corrected chi connectivity index (χ3v) is 8.19. The summed E-state index contributed by atoms with van der Waals surface area (Å²) in [7, 11) is 1.71. The van der Waals surface area contributed by atoms with Crippen LogP contribution in [0.3, 0.4) is 0 Å². The fourth-order valence-electron chi connectivity index (χ4n) is 6.02. The minimum absolute atomic E-state index is 0.456. The minimum atomic E-state index is -0.554. The molecule has 8 nitrogen and oxygen atoms in total. The van der Waals surface area contributed by atoms with Crippen molar-refractivity contribution in [2.45, 2.75) is 37.7 Å². The SMILES string of the molecule is COc1ccccc1N1CCN(CC(O)Cn2nc(-c3ccc(Cl)cc3)c3c2CCC2(C3)OCCO2)CC1. The number of para-hydroxylation sites is 2. The average Bonchev–Trinajstić information content (AvgIpc) is 3.54. The van der Waals surface area contributed by atoms with Crippen LogP contribution >= 0.6 is 11.6 Å². The summed E-state index contributed by atoms with van der Waals surface area (Å²) >= 11 is 6.15. The number of rotatable bonds is 7. The van der Waals surface area contributed by atoms with Crippen molar-refractivity contribution in [3.05, 3.63) is 64.8 Å². The van der Waals surface area contributed by atoms with Gasteiger partial charge in [-0.25, -0.2) is 0 Å². The molecule has 3 heterocycles. The van der Waals surface area contributed by atoms with Gasteiger partial charge in [0.05, 0.1) is 44.4 Å². The van der Waals surface area contributed by atoms with Gasteiger partial charge >= 0.3 is 0 Å². The number of aromatic nitrogens is 2. The largest absolute Gasteiger partial charge is 0.495 e. The fourth-order valence-corrected chi connectivity index (χ4v) is 6.14. The van der Waals surface area contributed by atoms with E-state index < -0.39 is 11.9 Å². The zero-order valence-electron chi connectivity index (χ0n) is 21.8. The molecule has 38 heavy (non-hydrogen) atoms. The molecule has 1 aromatic heterocycles. The normalized spacial score (nSPS) is 20.0. The van der Waals surface area contributed by atoms with Crippen molar-refractivity contribution in [1.29, 1.82) is 0 Å². The lowest BCUT2D eigenvalue weighted by atomic mass is 9.89. The van der Waals surface area contributed by atoms with Crippen molar-refractivity contribution in [1.82, 2.24) is 14.7 Å². The Kier molecular flexibility index (Phi) is 7.33. The predicted molar refractivity (Wildman–Crippen MR) is 147 cm³/mol. The summed E-state index contributed by atoms with van der Waals surface area (Å²) in [6.07, 6.45) is 1.75. The van der Waals surface area contributed by atoms with Crippen LogP contribution in [0.4, 0.5) is 5.69 Å². The Balaban J connectivity index is 1.15. The van der Waals surface area contributed by atoms with E-state index in [1.54, 1.807) is 7.11 Å². The second kappa shape index (κ2) is 10.9. The molecule has 3 aromatic rings. The fraction of sp³-hybridized carbons (Fsp3) is 0.483. The zero-order chi connectivity index (χ0) is 26.1. The third-order valence-electron chi connectivity index (χ3n) is 7.94. The highest BCUT2D eigenvalue weighted by atomic mass is 35.5. The number of aliphatic hydroxyl groups is 1. The van der Waals surface area contributed by atoms with Gasteiger partial charge in [-0.2, -0.15) is 5.10 Å². The van der Waals surface area contributed by atoms with Crippen molar-refractivity contribution >= 4 is 17.3 Å². The van der Waals surface area contributed by atoms with E-state index in [2.05, 4.69) is 15.9 Å². The molecule has 9 heteroatoms. The van der Waals surface area contributed by atoms with Gasteiger partial charge in [-0.1, -0.05) is 35.9 Å². The molecule has 2 aliphatic heterocycles. The number of ether oxygens (including phenoxy) is 3. The van der Waals surface area contributed by atoms with Gasteiger partial charge in [-0.05, 0) is 30.7 Å². The summed E-state index contributed by atoms with van der Waals surface area (Å²) < 4.78 is 19.6. The first-order chi connectivity index (χ1) is 18.5. The predicted octanol–water partition coefficient (Wildman–Crippen LogP) is 3.63. The molecule has 0 saturated carbocycles. The molecule has 2 saturated heterocycles. The van der Waals surface area contributed by atoms with E-state index in [1.807, 2.05) is 47.1 Å². The number of benzene rings is 2. The molecule has 6 rings (SSSR count). The maximum Gasteiger partial charge on any atom is 0.173 e. The number of anilines is 1. The molecule has 202 valence electrons. The van der Waals surface area contributed by atoms with Crippen molar-refractivity contribution in [3.63, 3.8) is 0 Å². The van der Waals surface area contributed by atoms with Crippen LogP contribution in [0, 0.1) is 0 Å². The summed E-state index contributed by atoms with van der Waals surface area (Å²) in [4.78, 5) is 4.69. The molecule has 1 N–H and O–H groups in total. The number of methoxy groups -OCH3 is 1. The topological polar surface area (TPSA) is 72.2 Å². The van der Waals surface area contributed by atoms with E-state index >= 15 is 0 Å². The molecule has 3 aliphatic rings. The Morgan fingerprint density at radius 2 is 1.76 bits per heavy atom. The number of hydrogen-bond acceptors (Lipinski definition) is 7. The van der Waals surface area contributed by atoms with Crippen molar-refractivity contribution in [3.8, 4) is 17.0 Å². The van der Waals surface area contributed by atoms with E-state index in [0.717, 1.165) is 67.3 Å². The van der Waals surface area contributed by atoms with Gasteiger partial charge in [-0.15, -0.1) is 0 Å². The lowest BCUT2D eigenvalue weighted by molar-refractivity contribution is -0.164. The quantitative estimate of drug-likeness (QED) is 0.492. The van der Waals surface area contributed by atoms with Gasteiger partial charge < -0.3 is 24.2 Å². The van der Waals surface area contributed by atoms with Crippen molar-refractivity contribution < 1.29 is 19.3 Å². The van der Waals surface area contributed by atoms with E-state index in [-0.39, 0.29) is 0 Å². The van der Waals surface area contributed by atoms with Gasteiger partial charge in [0.25, 0.3) is 0 Å². The van der Waals surface area contributed by atoms with Crippen LogP contribution in [-0.4, -0.2) is 84.7 Å². The standard InChI is InChI=1S/C29H35ClN4O4/c1-36-27-5-3-2-4-26(27)33-14-12-32(13-15-33)19-23(35)20-34-25-10-11-29(37-16-17-38-29)18-24(25)28(31-34)21-6-8-22(30)9-7-21/h2-9,23,35H,10-20H2,1H3. The van der Waals surface area contributed by atoms with Gasteiger partial charge in [0.2, 0.25) is 0 Å². The Hall–Kier alpha value is -2.62. The Labute approximate surface area is 228 Å². The van der Waals surface area contributed by atoms with Gasteiger partial charge in [-0.3, -0.25) is 9.58 Å². The van der Waals surface area contributed by atoms with Crippen LogP contribution in [0.2, 0.25) is 5.02 Å². The molecule has 0 amide bonds. The van der Waals surface area contributed by atoms with E-state index in [1.165, 1.54) is 5.69 Å². The number of halogens is 1. The Morgan fingerprint density at radius 3 is 2.50 bits per heavy atom. The molecule has 0 bridgehead atoms. The highest BCUT2D eigenvalue weighted by molar-refractivity contribution is 6.30. The number of β-amino-alcohol motifs (C(OH)–C–C–N with tert-alkyl or cyclic N) is 1. The molecule has 2 fully saturated rings. The van der Waals surface area contributed by atoms with Crippen LogP contribution in [0.5, 0.6) is 5.75 Å². The molecular weight excluding hydrogens is 504 g/mol. The molecular formula is C29H35ClN4O4. The van der Waals surface area contributed by atoms with Gasteiger partial charge in [0, 0.05) is 67.4 Å². The molecule has 1 spiro atoms. The van der Waals surface area contributed by atoms with Crippen molar-refractivity contribution in [2.24, 2.45) is 0 Å². The molecule has 2 aromatic carbocycles. The molecule has 1 atom stereocenters. The van der Waals surface area contributed by atoms with Crippen LogP contribution in [-0.2, 0) is 28.9 Å². The third kappa shape index (κ3) is 5.16. The highest BCUT2D eigenvalue weighted by Gasteiger charge is 2.42. The lowest BCUT2D eigenvalue weighted by Gasteiger charge is -2.37. The minimum Gasteiger partial charge on any atom is -0.495 e. The van der Waals surface area contributed by atoms with Crippen molar-refractivity contribution in [2.75, 3.05) is 57.9 Å². The second-order valence-electron chi connectivity index (χ2n) is 10.4. The number of nitrogens with zero attached hydrogens (tertiary/aromatic N) is 4. The summed E-state index contributed by atoms with van der Waals surface area (Å²) in [5.74, 6) is 0.345. The number of hydrogen-bond donors (Lipinski definition) is 1. The van der Waals surface area contributed by atoms with E-state index in [0.29, 0.717) is 37.7 Å². The van der Waals surface area contributed by atoms with E-state index in [9.17, 15) is 5.11 Å². The number of fused-ring (bicyclic) bond motifs is 1. The van der Waals surface area contributed by atoms with Crippen LogP contribution < -0.4 is 9.64 Å². The first kappa shape index (κ1) is 25.6. The number of piperazine rings is 1. The van der Waals surface area contributed by atoms with Crippen LogP contribution in [0.15, 0.2) is 48.5 Å². The van der Waals surface area contributed by atoms with E-state index in [4.69, 9.17) is 30.9 Å². The monoisotopic (exact) mass is 538 g/mol. The summed E-state index contributed by atoms with van der Waals surface area (Å²) in [5.41, 5.74) is 5.38. The van der Waals surface area contributed by atoms with Gasteiger partial charge in [0.15, 0.2) is 5.79 Å². The smallest absolute Gasteiger partial charge is 0.173 e. The molecule has 1 aliphatic carbocycles. The second-order valence-corrected chi connectivity index (χ2v) is 10.8.